The third-order valence-corrected chi connectivity index (χ3v) is 6.26. The lowest BCUT2D eigenvalue weighted by molar-refractivity contribution is -0.125. The number of aryl methyl sites for hydroxylation is 2. The van der Waals surface area contributed by atoms with Gasteiger partial charge in [0.2, 0.25) is 11.9 Å². The number of hydrogen-bond donors (Lipinski definition) is 3. The molecule has 0 saturated carbocycles. The molecule has 2 aromatic heterocycles. The molecule has 0 bridgehead atoms. The van der Waals surface area contributed by atoms with Crippen molar-refractivity contribution in [2.75, 3.05) is 29.0 Å². The van der Waals surface area contributed by atoms with E-state index in [1.807, 2.05) is 32.0 Å². The van der Waals surface area contributed by atoms with Crippen LogP contribution in [0.25, 0.3) is 0 Å². The van der Waals surface area contributed by atoms with Crippen LogP contribution in [0.2, 0.25) is 0 Å². The second-order valence-corrected chi connectivity index (χ2v) is 8.79. The van der Waals surface area contributed by atoms with Gasteiger partial charge >= 0.3 is 0 Å². The van der Waals surface area contributed by atoms with E-state index in [9.17, 15) is 9.59 Å². The number of para-hydroxylation sites is 1. The van der Waals surface area contributed by atoms with Gasteiger partial charge < -0.3 is 20.9 Å². The summed E-state index contributed by atoms with van der Waals surface area (Å²) in [7, 11) is 0. The monoisotopic (exact) mass is 463 g/mol. The number of likely N-dealkylation sites (tertiary alicyclic amines) is 1. The smallest absolute Gasteiger partial charge is 0.267 e. The van der Waals surface area contributed by atoms with Crippen LogP contribution in [0.4, 0.5) is 22.6 Å². The predicted octanol–water partition coefficient (Wildman–Crippen LogP) is 3.74. The van der Waals surface area contributed by atoms with E-state index in [4.69, 9.17) is 0 Å². The van der Waals surface area contributed by atoms with Crippen molar-refractivity contribution in [3.05, 3.63) is 65.3 Å². The summed E-state index contributed by atoms with van der Waals surface area (Å²) in [5.41, 5.74) is 2.83. The summed E-state index contributed by atoms with van der Waals surface area (Å²) >= 11 is 1.24. The SMILES string of the molecule is C=CC(=O)N1CCC(Nc2nccc(Nc3ncc(C(=O)Nc4c(C)cccc4C)s3)n2)C1. The van der Waals surface area contributed by atoms with E-state index in [1.165, 1.54) is 17.4 Å². The highest BCUT2D eigenvalue weighted by Crippen LogP contribution is 2.25. The fraction of sp³-hybridized carbons (Fsp3) is 0.261. The Morgan fingerprint density at radius 2 is 2.00 bits per heavy atom. The van der Waals surface area contributed by atoms with Gasteiger partial charge in [-0.25, -0.2) is 9.97 Å². The Labute approximate surface area is 196 Å². The molecule has 2 amide bonds. The van der Waals surface area contributed by atoms with Gasteiger partial charge in [-0.2, -0.15) is 4.98 Å². The van der Waals surface area contributed by atoms with Crippen LogP contribution in [-0.2, 0) is 4.79 Å². The van der Waals surface area contributed by atoms with Crippen LogP contribution in [0, 0.1) is 13.8 Å². The minimum Gasteiger partial charge on any atom is -0.350 e. The minimum atomic E-state index is -0.206. The molecule has 3 heterocycles. The molecule has 1 fully saturated rings. The second-order valence-electron chi connectivity index (χ2n) is 7.76. The first kappa shape index (κ1) is 22.4. The summed E-state index contributed by atoms with van der Waals surface area (Å²) < 4.78 is 0. The third kappa shape index (κ3) is 5.35. The molecule has 1 aliphatic heterocycles. The maximum atomic E-state index is 12.7. The summed E-state index contributed by atoms with van der Waals surface area (Å²) in [5, 5.41) is 9.91. The molecule has 0 spiro atoms. The Morgan fingerprint density at radius 3 is 2.76 bits per heavy atom. The number of amides is 2. The average molecular weight is 464 g/mol. The maximum absolute atomic E-state index is 12.7. The van der Waals surface area contributed by atoms with Crippen LogP contribution in [0.15, 0.2) is 49.3 Å². The number of carbonyl (C=O) groups excluding carboxylic acids is 2. The average Bonchev–Trinajstić information content (AvgIpc) is 3.46. The molecule has 10 heteroatoms. The first-order valence-electron chi connectivity index (χ1n) is 10.5. The molecule has 3 N–H and O–H groups in total. The zero-order valence-electron chi connectivity index (χ0n) is 18.5. The van der Waals surface area contributed by atoms with Gasteiger partial charge in [-0.15, -0.1) is 0 Å². The summed E-state index contributed by atoms with van der Waals surface area (Å²) in [6.45, 7) is 8.71. The maximum Gasteiger partial charge on any atom is 0.267 e. The van der Waals surface area contributed by atoms with Crippen molar-refractivity contribution in [1.82, 2.24) is 19.9 Å². The van der Waals surface area contributed by atoms with Crippen molar-refractivity contribution in [1.29, 1.82) is 0 Å². The zero-order valence-corrected chi connectivity index (χ0v) is 19.3. The third-order valence-electron chi connectivity index (χ3n) is 5.35. The summed E-state index contributed by atoms with van der Waals surface area (Å²) in [6, 6.07) is 7.69. The quantitative estimate of drug-likeness (QED) is 0.458. The van der Waals surface area contributed by atoms with E-state index in [-0.39, 0.29) is 17.9 Å². The highest BCUT2D eigenvalue weighted by molar-refractivity contribution is 7.17. The van der Waals surface area contributed by atoms with Crippen LogP contribution < -0.4 is 16.0 Å². The van der Waals surface area contributed by atoms with E-state index >= 15 is 0 Å². The standard InChI is InChI=1S/C23H25N7O2S/c1-4-19(31)30-11-9-16(13-30)26-22-24-10-8-18(27-22)28-23-25-12-17(33-23)21(32)29-20-14(2)6-5-7-15(20)3/h4-8,10,12,16H,1,9,11,13H2,2-3H3,(H,29,32)(H2,24,25,26,27,28). The van der Waals surface area contributed by atoms with E-state index in [0.29, 0.717) is 34.9 Å². The van der Waals surface area contributed by atoms with Gasteiger partial charge in [0.1, 0.15) is 10.7 Å². The zero-order chi connectivity index (χ0) is 23.4. The number of hydrogen-bond acceptors (Lipinski definition) is 8. The molecule has 0 radical (unpaired) electrons. The van der Waals surface area contributed by atoms with Crippen LogP contribution >= 0.6 is 11.3 Å². The molecule has 1 saturated heterocycles. The number of carbonyl (C=O) groups is 2. The largest absolute Gasteiger partial charge is 0.350 e. The van der Waals surface area contributed by atoms with Gasteiger partial charge in [0.15, 0.2) is 5.13 Å². The lowest BCUT2D eigenvalue weighted by Gasteiger charge is -2.15. The molecule has 4 rings (SSSR count). The molecule has 9 nitrogen and oxygen atoms in total. The fourth-order valence-corrected chi connectivity index (χ4v) is 4.34. The first-order chi connectivity index (χ1) is 15.9. The number of benzene rings is 1. The lowest BCUT2D eigenvalue weighted by Crippen LogP contribution is -2.30. The Kier molecular flexibility index (Phi) is 6.64. The molecule has 3 aromatic rings. The van der Waals surface area contributed by atoms with Crippen molar-refractivity contribution in [2.24, 2.45) is 0 Å². The van der Waals surface area contributed by atoms with Crippen molar-refractivity contribution < 1.29 is 9.59 Å². The van der Waals surface area contributed by atoms with E-state index in [1.54, 1.807) is 23.4 Å². The highest BCUT2D eigenvalue weighted by atomic mass is 32.1. The minimum absolute atomic E-state index is 0.0724. The van der Waals surface area contributed by atoms with Crippen LogP contribution in [0.3, 0.4) is 0 Å². The molecule has 170 valence electrons. The number of aromatic nitrogens is 3. The number of nitrogens with one attached hydrogen (secondary N) is 3. The van der Waals surface area contributed by atoms with Crippen LogP contribution in [0.1, 0.15) is 27.2 Å². The summed E-state index contributed by atoms with van der Waals surface area (Å²) in [4.78, 5) is 39.7. The molecule has 1 atom stereocenters. The van der Waals surface area contributed by atoms with Crippen molar-refractivity contribution in [3.63, 3.8) is 0 Å². The topological polar surface area (TPSA) is 112 Å². The molecular formula is C23H25N7O2S. The van der Waals surface area contributed by atoms with E-state index in [2.05, 4.69) is 37.5 Å². The molecule has 1 unspecified atom stereocenters. The van der Waals surface area contributed by atoms with Crippen LogP contribution in [-0.4, -0.2) is 50.8 Å². The first-order valence-corrected chi connectivity index (χ1v) is 11.4. The number of rotatable bonds is 7. The number of anilines is 4. The molecular weight excluding hydrogens is 438 g/mol. The van der Waals surface area contributed by atoms with Gasteiger partial charge in [0.05, 0.1) is 6.20 Å². The van der Waals surface area contributed by atoms with E-state index < -0.39 is 0 Å². The second kappa shape index (κ2) is 9.78. The Balaban J connectivity index is 1.38. The van der Waals surface area contributed by atoms with E-state index in [0.717, 1.165) is 23.2 Å². The van der Waals surface area contributed by atoms with Gasteiger partial charge in [-0.05, 0) is 43.5 Å². The van der Waals surface area contributed by atoms with Crippen molar-refractivity contribution in [2.45, 2.75) is 26.3 Å². The molecule has 1 aliphatic rings. The number of thiazole rings is 1. The van der Waals surface area contributed by atoms with Gasteiger partial charge in [0, 0.05) is 31.0 Å². The lowest BCUT2D eigenvalue weighted by atomic mass is 10.1. The molecule has 1 aromatic carbocycles. The molecule has 0 aliphatic carbocycles. The fourth-order valence-electron chi connectivity index (χ4n) is 3.62. The van der Waals surface area contributed by atoms with Crippen molar-refractivity contribution >= 4 is 45.7 Å². The Hall–Kier alpha value is -3.79. The highest BCUT2D eigenvalue weighted by Gasteiger charge is 2.25. The Bertz CT molecular complexity index is 1170. The molecule has 33 heavy (non-hydrogen) atoms. The predicted molar refractivity (Wildman–Crippen MR) is 130 cm³/mol. The van der Waals surface area contributed by atoms with Crippen LogP contribution in [0.5, 0.6) is 0 Å². The van der Waals surface area contributed by atoms with Crippen molar-refractivity contribution in [3.8, 4) is 0 Å². The normalized spacial score (nSPS) is 15.2. The Morgan fingerprint density at radius 1 is 1.21 bits per heavy atom. The van der Waals surface area contributed by atoms with Gasteiger partial charge in [-0.3, -0.25) is 9.59 Å². The number of nitrogens with zero attached hydrogens (tertiary/aromatic N) is 4. The summed E-state index contributed by atoms with van der Waals surface area (Å²) in [5.74, 6) is 0.739. The van der Waals surface area contributed by atoms with Gasteiger partial charge in [0.25, 0.3) is 5.91 Å². The van der Waals surface area contributed by atoms with Gasteiger partial charge in [-0.1, -0.05) is 36.1 Å². The summed E-state index contributed by atoms with van der Waals surface area (Å²) in [6.07, 6.45) is 5.32.